The summed E-state index contributed by atoms with van der Waals surface area (Å²) >= 11 is 3.67. The zero-order valence-corrected chi connectivity index (χ0v) is 23.9. The Hall–Kier alpha value is -2.69. The van der Waals surface area contributed by atoms with Crippen LogP contribution < -0.4 is 9.64 Å². The zero-order chi connectivity index (χ0) is 28.2. The molecule has 3 unspecified atom stereocenters. The number of hydrogen-bond acceptors (Lipinski definition) is 7. The number of rotatable bonds is 14. The molecule has 3 fully saturated rings. The van der Waals surface area contributed by atoms with Gasteiger partial charge in [-0.2, -0.15) is 0 Å². The second kappa shape index (κ2) is 12.7. The fourth-order valence-corrected chi connectivity index (χ4v) is 7.13. The third-order valence-corrected chi connectivity index (χ3v) is 8.73. The van der Waals surface area contributed by atoms with Crippen LogP contribution in [0, 0.1) is 11.8 Å². The molecule has 39 heavy (non-hydrogen) atoms. The lowest BCUT2D eigenvalue weighted by Crippen LogP contribution is -2.57. The number of fused-ring (bicyclic) bond motifs is 1. The molecule has 212 valence electrons. The highest BCUT2D eigenvalue weighted by Gasteiger charge is 2.77. The summed E-state index contributed by atoms with van der Waals surface area (Å²) < 4.78 is 17.3. The van der Waals surface area contributed by atoms with E-state index in [2.05, 4.69) is 29.1 Å². The Morgan fingerprint density at radius 2 is 1.97 bits per heavy atom. The first-order valence-electron chi connectivity index (χ1n) is 13.4. The van der Waals surface area contributed by atoms with Crippen molar-refractivity contribution < 1.29 is 33.7 Å². The fourth-order valence-electron chi connectivity index (χ4n) is 6.19. The predicted molar refractivity (Wildman–Crippen MR) is 150 cm³/mol. The van der Waals surface area contributed by atoms with Crippen LogP contribution in [0.25, 0.3) is 0 Å². The van der Waals surface area contributed by atoms with Gasteiger partial charge < -0.3 is 29.1 Å². The number of amides is 2. The third kappa shape index (κ3) is 5.38. The highest BCUT2D eigenvalue weighted by molar-refractivity contribution is 9.09. The van der Waals surface area contributed by atoms with E-state index in [0.717, 1.165) is 0 Å². The number of esters is 1. The number of ether oxygens (including phenoxy) is 3. The molecular weight excluding hydrogens is 568 g/mol. The Balaban J connectivity index is 1.72. The Kier molecular flexibility index (Phi) is 9.51. The van der Waals surface area contributed by atoms with E-state index in [1.165, 1.54) is 0 Å². The van der Waals surface area contributed by atoms with Crippen molar-refractivity contribution in [3.8, 4) is 5.75 Å². The summed E-state index contributed by atoms with van der Waals surface area (Å²) in [6, 6.07) is 6.19. The van der Waals surface area contributed by atoms with Gasteiger partial charge in [-0.1, -0.05) is 28.1 Å². The maximum absolute atomic E-state index is 14.4. The van der Waals surface area contributed by atoms with E-state index >= 15 is 0 Å². The number of methoxy groups -OCH3 is 1. The number of halogens is 1. The van der Waals surface area contributed by atoms with Gasteiger partial charge in [-0.3, -0.25) is 14.4 Å². The number of hydrogen-bond donors (Lipinski definition) is 1. The van der Waals surface area contributed by atoms with Crippen LogP contribution in [-0.4, -0.2) is 83.8 Å². The molecular formula is C29H37BrN2O7. The second-order valence-electron chi connectivity index (χ2n) is 10.2. The highest BCUT2D eigenvalue weighted by Crippen LogP contribution is 2.60. The molecule has 3 saturated heterocycles. The summed E-state index contributed by atoms with van der Waals surface area (Å²) in [6.45, 7) is 8.27. The number of benzene rings is 1. The Morgan fingerprint density at radius 1 is 1.23 bits per heavy atom. The molecule has 2 bridgehead atoms. The van der Waals surface area contributed by atoms with Gasteiger partial charge in [0.25, 0.3) is 5.91 Å². The first-order valence-corrected chi connectivity index (χ1v) is 14.3. The molecule has 3 aliphatic heterocycles. The number of aliphatic hydroxyl groups is 1. The molecule has 0 radical (unpaired) electrons. The second-order valence-corrected chi connectivity index (χ2v) is 11.3. The van der Waals surface area contributed by atoms with Crippen molar-refractivity contribution in [3.63, 3.8) is 0 Å². The molecule has 10 heteroatoms. The molecule has 1 aromatic carbocycles. The van der Waals surface area contributed by atoms with Crippen molar-refractivity contribution in [1.82, 2.24) is 4.90 Å². The summed E-state index contributed by atoms with van der Waals surface area (Å²) in [5.74, 6) is -2.02. The summed E-state index contributed by atoms with van der Waals surface area (Å²) in [7, 11) is 1.57. The van der Waals surface area contributed by atoms with Gasteiger partial charge in [-0.15, -0.1) is 13.2 Å². The fraction of sp³-hybridized carbons (Fsp3) is 0.552. The first-order chi connectivity index (χ1) is 18.8. The van der Waals surface area contributed by atoms with Gasteiger partial charge in [-0.05, 0) is 56.4 Å². The number of carbonyl (C=O) groups is 3. The van der Waals surface area contributed by atoms with Crippen molar-refractivity contribution in [1.29, 1.82) is 0 Å². The van der Waals surface area contributed by atoms with E-state index in [-0.39, 0.29) is 36.4 Å². The number of unbranched alkanes of at least 4 members (excludes halogenated alkanes) is 2. The Morgan fingerprint density at radius 3 is 2.62 bits per heavy atom. The van der Waals surface area contributed by atoms with Gasteiger partial charge >= 0.3 is 5.97 Å². The summed E-state index contributed by atoms with van der Waals surface area (Å²) in [5, 5.41) is 9.23. The van der Waals surface area contributed by atoms with Crippen molar-refractivity contribution in [2.24, 2.45) is 11.8 Å². The van der Waals surface area contributed by atoms with Gasteiger partial charge in [0, 0.05) is 30.2 Å². The number of likely N-dealkylation sites (tertiary alicyclic amines) is 1. The first kappa shape index (κ1) is 29.3. The highest BCUT2D eigenvalue weighted by atomic mass is 79.9. The molecule has 1 N–H and O–H groups in total. The largest absolute Gasteiger partial charge is 0.497 e. The molecule has 9 nitrogen and oxygen atoms in total. The van der Waals surface area contributed by atoms with Crippen LogP contribution in [0.15, 0.2) is 49.6 Å². The lowest BCUT2D eigenvalue weighted by atomic mass is 9.70. The molecule has 4 rings (SSSR count). The van der Waals surface area contributed by atoms with E-state index in [9.17, 15) is 19.5 Å². The molecule has 3 heterocycles. The molecule has 0 aromatic heterocycles. The topological polar surface area (TPSA) is 106 Å². The van der Waals surface area contributed by atoms with E-state index in [0.29, 0.717) is 50.1 Å². The standard InChI is InChI=1S/C29H37BrN2O7/c1-4-6-17-38-28(36)22-23-26(34)32(15-8-7-9-16-33)25(29(23)18-21(30)24(22)39-29)27(35)31(14-5-2)19-10-12-20(37-3)13-11-19/h4-5,10-13,21-25,33H,1-2,6-9,14-18H2,3H3/t21?,22-,23+,24-,25?,29?/m1/s1. The lowest BCUT2D eigenvalue weighted by Gasteiger charge is -2.37. The summed E-state index contributed by atoms with van der Waals surface area (Å²) in [5.41, 5.74) is -0.533. The molecule has 6 atom stereocenters. The number of aliphatic hydroxyl groups excluding tert-OH is 1. The van der Waals surface area contributed by atoms with Gasteiger partial charge in [0.1, 0.15) is 17.4 Å². The number of carbonyl (C=O) groups excluding carboxylic acids is 3. The van der Waals surface area contributed by atoms with Crippen molar-refractivity contribution in [3.05, 3.63) is 49.6 Å². The van der Waals surface area contributed by atoms with Crippen molar-refractivity contribution in [2.75, 3.05) is 38.3 Å². The molecule has 1 spiro atoms. The smallest absolute Gasteiger partial charge is 0.312 e. The monoisotopic (exact) mass is 604 g/mol. The van der Waals surface area contributed by atoms with Crippen LogP contribution in [0.2, 0.25) is 0 Å². The molecule has 3 aliphatic rings. The van der Waals surface area contributed by atoms with Crippen LogP contribution in [-0.2, 0) is 23.9 Å². The van der Waals surface area contributed by atoms with Gasteiger partial charge in [0.05, 0.1) is 31.7 Å². The lowest BCUT2D eigenvalue weighted by molar-refractivity contribution is -0.154. The van der Waals surface area contributed by atoms with Crippen LogP contribution >= 0.6 is 15.9 Å². The maximum Gasteiger partial charge on any atom is 0.312 e. The summed E-state index contributed by atoms with van der Waals surface area (Å²) in [6.07, 6.45) is 5.56. The third-order valence-electron chi connectivity index (χ3n) is 7.88. The molecule has 0 saturated carbocycles. The van der Waals surface area contributed by atoms with E-state index in [4.69, 9.17) is 14.2 Å². The average molecular weight is 606 g/mol. The van der Waals surface area contributed by atoms with E-state index in [1.807, 2.05) is 0 Å². The van der Waals surface area contributed by atoms with Crippen LogP contribution in [0.5, 0.6) is 5.75 Å². The Labute approximate surface area is 237 Å². The van der Waals surface area contributed by atoms with Gasteiger partial charge in [-0.25, -0.2) is 0 Å². The van der Waals surface area contributed by atoms with Crippen LogP contribution in [0.4, 0.5) is 5.69 Å². The number of alkyl halides is 1. The van der Waals surface area contributed by atoms with E-state index < -0.39 is 35.6 Å². The molecule has 1 aromatic rings. The minimum absolute atomic E-state index is 0.0577. The molecule has 2 amide bonds. The number of anilines is 1. The van der Waals surface area contributed by atoms with Crippen molar-refractivity contribution in [2.45, 2.75) is 54.7 Å². The van der Waals surface area contributed by atoms with Gasteiger partial charge in [0.15, 0.2) is 0 Å². The minimum Gasteiger partial charge on any atom is -0.497 e. The predicted octanol–water partition coefficient (Wildman–Crippen LogP) is 3.24. The average Bonchev–Trinajstić information content (AvgIpc) is 3.53. The van der Waals surface area contributed by atoms with Crippen LogP contribution in [0.1, 0.15) is 32.1 Å². The SMILES string of the molecule is C=CCCOC(=O)[C@H]1[C@@H]2OC3(CC2Br)C(C(=O)N(CC=C)c2ccc(OC)cc2)N(CCCCCO)C(=O)[C@H]13. The zero-order valence-electron chi connectivity index (χ0n) is 22.3. The normalized spacial score (nSPS) is 28.7. The van der Waals surface area contributed by atoms with Crippen molar-refractivity contribution >= 4 is 39.4 Å². The number of nitrogens with zero attached hydrogens (tertiary/aromatic N) is 2. The molecule has 0 aliphatic carbocycles. The maximum atomic E-state index is 14.4. The summed E-state index contributed by atoms with van der Waals surface area (Å²) in [4.78, 5) is 44.7. The van der Waals surface area contributed by atoms with E-state index in [1.54, 1.807) is 53.3 Å². The van der Waals surface area contributed by atoms with Crippen LogP contribution in [0.3, 0.4) is 0 Å². The quantitative estimate of drug-likeness (QED) is 0.150. The minimum atomic E-state index is -1.17. The van der Waals surface area contributed by atoms with Gasteiger partial charge in [0.2, 0.25) is 5.91 Å². The Bertz CT molecular complexity index is 1080.